The smallest absolute Gasteiger partial charge is 0.161 e. The summed E-state index contributed by atoms with van der Waals surface area (Å²) in [5.74, 6) is 2.88. The first-order valence-corrected chi connectivity index (χ1v) is 11.8. The molecule has 34 heavy (non-hydrogen) atoms. The standard InChI is InChI=1S/C26H29N3O5/c1-28-18-6-15-8-22(31-2)23(32-3)11-17(15)26(28)19-7-14-9-24-25(34-5-4-33-24)10-16(14)21(13-30)29(19)20(18)12-27/h8-11,18-21,26,30H,4-7,13H2,1-3H3/t18-,19-,20-,21-,26+/m0/s1. The van der Waals surface area contributed by atoms with E-state index in [0.717, 1.165) is 29.7 Å². The van der Waals surface area contributed by atoms with Crippen LogP contribution in [0.4, 0.5) is 0 Å². The van der Waals surface area contributed by atoms with Gasteiger partial charge in [0.05, 0.1) is 39.0 Å². The molecule has 4 heterocycles. The summed E-state index contributed by atoms with van der Waals surface area (Å²) < 4.78 is 22.9. The lowest BCUT2D eigenvalue weighted by molar-refractivity contribution is -0.0813. The quantitative estimate of drug-likeness (QED) is 0.742. The second-order valence-corrected chi connectivity index (χ2v) is 9.47. The van der Waals surface area contributed by atoms with Crippen LogP contribution in [0.25, 0.3) is 0 Å². The molecule has 0 unspecified atom stereocenters. The van der Waals surface area contributed by atoms with Crippen molar-refractivity contribution in [1.29, 1.82) is 5.26 Å². The number of benzene rings is 2. The van der Waals surface area contributed by atoms with E-state index in [9.17, 15) is 10.4 Å². The van der Waals surface area contributed by atoms with Gasteiger partial charge in [-0.2, -0.15) is 5.26 Å². The van der Waals surface area contributed by atoms with Crippen molar-refractivity contribution in [3.8, 4) is 29.1 Å². The molecule has 0 spiro atoms. The van der Waals surface area contributed by atoms with Crippen LogP contribution in [0.5, 0.6) is 23.0 Å². The number of nitrogens with zero attached hydrogens (tertiary/aromatic N) is 3. The number of methoxy groups -OCH3 is 2. The molecule has 6 rings (SSSR count). The zero-order chi connectivity index (χ0) is 23.6. The summed E-state index contributed by atoms with van der Waals surface area (Å²) in [5.41, 5.74) is 4.55. The monoisotopic (exact) mass is 463 g/mol. The number of hydrogen-bond acceptors (Lipinski definition) is 8. The minimum Gasteiger partial charge on any atom is -0.493 e. The molecule has 1 saturated heterocycles. The summed E-state index contributed by atoms with van der Waals surface area (Å²) in [6.45, 7) is 0.979. The van der Waals surface area contributed by atoms with Crippen LogP contribution >= 0.6 is 0 Å². The molecule has 0 aromatic heterocycles. The molecule has 4 aliphatic heterocycles. The third kappa shape index (κ3) is 2.94. The molecule has 0 radical (unpaired) electrons. The molecule has 0 saturated carbocycles. The van der Waals surface area contributed by atoms with Gasteiger partial charge >= 0.3 is 0 Å². The van der Waals surface area contributed by atoms with Gasteiger partial charge in [0, 0.05) is 12.1 Å². The first-order chi connectivity index (χ1) is 16.6. The van der Waals surface area contributed by atoms with Gasteiger partial charge in [-0.3, -0.25) is 9.80 Å². The van der Waals surface area contributed by atoms with E-state index in [2.05, 4.69) is 41.1 Å². The summed E-state index contributed by atoms with van der Waals surface area (Å²) in [5, 5.41) is 21.0. The number of nitriles is 1. The topological polar surface area (TPSA) is 87.4 Å². The Hall–Kier alpha value is -2.99. The molecule has 0 aliphatic carbocycles. The van der Waals surface area contributed by atoms with Crippen LogP contribution in [0.15, 0.2) is 24.3 Å². The number of rotatable bonds is 3. The van der Waals surface area contributed by atoms with Crippen LogP contribution in [-0.4, -0.2) is 74.1 Å². The SMILES string of the molecule is COc1cc2c(cc1OC)[C@@H]1[C@@H]3Cc4cc5c(cc4[C@H](CO)N3[C@@H](C#N)[C@H](C2)N1C)OCCO5. The molecule has 4 aliphatic rings. The summed E-state index contributed by atoms with van der Waals surface area (Å²) in [4.78, 5) is 4.61. The zero-order valence-electron chi connectivity index (χ0n) is 19.7. The number of hydrogen-bond donors (Lipinski definition) is 1. The fourth-order valence-corrected chi connectivity index (χ4v) is 6.57. The largest absolute Gasteiger partial charge is 0.493 e. The Morgan fingerprint density at radius 2 is 1.62 bits per heavy atom. The highest BCUT2D eigenvalue weighted by atomic mass is 16.6. The highest BCUT2D eigenvalue weighted by molar-refractivity contribution is 5.54. The van der Waals surface area contributed by atoms with Crippen molar-refractivity contribution in [3.05, 3.63) is 46.5 Å². The van der Waals surface area contributed by atoms with Gasteiger partial charge in [0.25, 0.3) is 0 Å². The van der Waals surface area contributed by atoms with Crippen LogP contribution in [-0.2, 0) is 12.8 Å². The van der Waals surface area contributed by atoms with E-state index in [0.29, 0.717) is 30.5 Å². The van der Waals surface area contributed by atoms with Crippen LogP contribution in [0.1, 0.15) is 34.3 Å². The Morgan fingerprint density at radius 1 is 0.971 bits per heavy atom. The second-order valence-electron chi connectivity index (χ2n) is 9.47. The van der Waals surface area contributed by atoms with Crippen molar-refractivity contribution >= 4 is 0 Å². The number of piperazine rings is 1. The molecule has 5 atom stereocenters. The Labute approximate surface area is 199 Å². The molecule has 1 fully saturated rings. The predicted octanol–water partition coefficient (Wildman–Crippen LogP) is 2.24. The van der Waals surface area contributed by atoms with E-state index >= 15 is 0 Å². The number of aliphatic hydroxyl groups excluding tert-OH is 1. The average Bonchev–Trinajstić information content (AvgIpc) is 2.86. The molecule has 2 bridgehead atoms. The lowest BCUT2D eigenvalue weighted by atomic mass is 9.72. The second kappa shape index (κ2) is 8.05. The fraction of sp³-hybridized carbons (Fsp3) is 0.500. The van der Waals surface area contributed by atoms with E-state index in [1.54, 1.807) is 14.2 Å². The maximum atomic E-state index is 10.6. The lowest BCUT2D eigenvalue weighted by Gasteiger charge is -2.59. The van der Waals surface area contributed by atoms with Crippen LogP contribution < -0.4 is 18.9 Å². The molecule has 2 aromatic rings. The van der Waals surface area contributed by atoms with Crippen molar-refractivity contribution in [2.75, 3.05) is 41.1 Å². The number of ether oxygens (including phenoxy) is 4. The molecule has 178 valence electrons. The zero-order valence-corrected chi connectivity index (χ0v) is 19.7. The Bertz CT molecular complexity index is 1180. The minimum absolute atomic E-state index is 0.00432. The van der Waals surface area contributed by atoms with E-state index < -0.39 is 0 Å². The van der Waals surface area contributed by atoms with Gasteiger partial charge in [0.1, 0.15) is 19.3 Å². The average molecular weight is 464 g/mol. The summed E-state index contributed by atoms with van der Waals surface area (Å²) in [7, 11) is 5.42. The maximum absolute atomic E-state index is 10.6. The molecule has 1 N–H and O–H groups in total. The van der Waals surface area contributed by atoms with Gasteiger partial charge in [-0.15, -0.1) is 0 Å². The van der Waals surface area contributed by atoms with Crippen molar-refractivity contribution in [2.45, 2.75) is 43.1 Å². The lowest BCUT2D eigenvalue weighted by Crippen LogP contribution is -2.68. The van der Waals surface area contributed by atoms with E-state index in [4.69, 9.17) is 18.9 Å². The van der Waals surface area contributed by atoms with Gasteiger partial charge in [-0.1, -0.05) is 0 Å². The fourth-order valence-electron chi connectivity index (χ4n) is 6.57. The van der Waals surface area contributed by atoms with E-state index in [1.807, 2.05) is 6.07 Å². The van der Waals surface area contributed by atoms with Crippen molar-refractivity contribution in [1.82, 2.24) is 9.80 Å². The first-order valence-electron chi connectivity index (χ1n) is 11.8. The van der Waals surface area contributed by atoms with Crippen molar-refractivity contribution in [2.24, 2.45) is 0 Å². The third-order valence-corrected chi connectivity index (χ3v) is 8.05. The number of fused-ring (bicyclic) bond motifs is 8. The molecule has 0 amide bonds. The Morgan fingerprint density at radius 3 is 2.29 bits per heavy atom. The van der Waals surface area contributed by atoms with Gasteiger partial charge in [0.15, 0.2) is 23.0 Å². The molecule has 2 aromatic carbocycles. The summed E-state index contributed by atoms with van der Waals surface area (Å²) >= 11 is 0. The number of aliphatic hydroxyl groups is 1. The van der Waals surface area contributed by atoms with Crippen molar-refractivity contribution in [3.63, 3.8) is 0 Å². The van der Waals surface area contributed by atoms with Gasteiger partial charge in [-0.05, 0) is 66.4 Å². The van der Waals surface area contributed by atoms with Crippen molar-refractivity contribution < 1.29 is 24.1 Å². The molecule has 8 nitrogen and oxygen atoms in total. The Balaban J connectivity index is 1.52. The van der Waals surface area contributed by atoms with Crippen LogP contribution in [0.2, 0.25) is 0 Å². The minimum atomic E-state index is -0.356. The summed E-state index contributed by atoms with van der Waals surface area (Å²) in [6, 6.07) is 10.2. The van der Waals surface area contributed by atoms with Crippen LogP contribution in [0.3, 0.4) is 0 Å². The van der Waals surface area contributed by atoms with E-state index in [1.165, 1.54) is 11.1 Å². The highest BCUT2D eigenvalue weighted by Gasteiger charge is 2.54. The molecular formula is C26H29N3O5. The van der Waals surface area contributed by atoms with Gasteiger partial charge < -0.3 is 24.1 Å². The first kappa shape index (κ1) is 21.5. The van der Waals surface area contributed by atoms with E-state index in [-0.39, 0.29) is 36.8 Å². The normalized spacial score (nSPS) is 29.3. The maximum Gasteiger partial charge on any atom is 0.161 e. The highest BCUT2D eigenvalue weighted by Crippen LogP contribution is 2.52. The Kier molecular flexibility index (Phi) is 5.10. The summed E-state index contributed by atoms with van der Waals surface area (Å²) in [6.07, 6.45) is 1.48. The van der Waals surface area contributed by atoms with Crippen LogP contribution in [0, 0.1) is 11.3 Å². The van der Waals surface area contributed by atoms with Gasteiger partial charge in [0.2, 0.25) is 0 Å². The predicted molar refractivity (Wildman–Crippen MR) is 124 cm³/mol. The third-order valence-electron chi connectivity index (χ3n) is 8.05. The van der Waals surface area contributed by atoms with Gasteiger partial charge in [-0.25, -0.2) is 0 Å². The molecular weight excluding hydrogens is 434 g/mol. The number of likely N-dealkylation sites (N-methyl/N-ethyl adjacent to an activating group) is 1. The molecule has 8 heteroatoms.